The van der Waals surface area contributed by atoms with Crippen molar-refractivity contribution < 1.29 is 17.9 Å². The number of anilines is 1. The van der Waals surface area contributed by atoms with Crippen LogP contribution in [0.25, 0.3) is 0 Å². The van der Waals surface area contributed by atoms with E-state index in [1.165, 1.54) is 6.92 Å². The van der Waals surface area contributed by atoms with E-state index in [1.54, 1.807) is 21.3 Å². The molecular formula is C22H26N2O4S. The number of hydrogen-bond donors (Lipinski definition) is 0. The number of ether oxygens (including phenoxy) is 1. The quantitative estimate of drug-likeness (QED) is 0.754. The molecule has 154 valence electrons. The highest BCUT2D eigenvalue weighted by atomic mass is 32.2. The lowest BCUT2D eigenvalue weighted by molar-refractivity contribution is -0.116. The molecule has 1 amide bonds. The summed E-state index contributed by atoms with van der Waals surface area (Å²) in [6.07, 6.45) is 2.52. The standard InChI is InChI=1S/C22H26N2O4S/c1-17(25)24-13-11-19-9-10-21(14-22(19)24)29(26,27)23-12-5-6-18(15-23)16-28-20-7-3-2-4-8-20/h2-4,7-10,14,18H,5-6,11-13,15-16H2,1H3. The van der Waals surface area contributed by atoms with Crippen LogP contribution in [-0.2, 0) is 21.2 Å². The molecule has 2 aliphatic rings. The number of carbonyl (C=O) groups is 1. The largest absolute Gasteiger partial charge is 0.493 e. The summed E-state index contributed by atoms with van der Waals surface area (Å²) in [6.45, 7) is 3.58. The minimum absolute atomic E-state index is 0.0607. The second kappa shape index (κ2) is 8.16. The summed E-state index contributed by atoms with van der Waals surface area (Å²) in [4.78, 5) is 13.8. The summed E-state index contributed by atoms with van der Waals surface area (Å²) >= 11 is 0. The van der Waals surface area contributed by atoms with E-state index in [0.29, 0.717) is 26.2 Å². The Balaban J connectivity index is 1.48. The number of fused-ring (bicyclic) bond motifs is 1. The van der Waals surface area contributed by atoms with E-state index in [1.807, 2.05) is 36.4 Å². The third kappa shape index (κ3) is 4.16. The highest BCUT2D eigenvalue weighted by molar-refractivity contribution is 7.89. The molecule has 1 saturated heterocycles. The van der Waals surface area contributed by atoms with Crippen molar-refractivity contribution in [2.24, 2.45) is 5.92 Å². The van der Waals surface area contributed by atoms with Gasteiger partial charge in [-0.1, -0.05) is 24.3 Å². The van der Waals surface area contributed by atoms with Crippen LogP contribution in [0.1, 0.15) is 25.3 Å². The van der Waals surface area contributed by atoms with Gasteiger partial charge in [0.2, 0.25) is 15.9 Å². The smallest absolute Gasteiger partial charge is 0.243 e. The van der Waals surface area contributed by atoms with E-state index >= 15 is 0 Å². The number of rotatable bonds is 5. The number of carbonyl (C=O) groups excluding carboxylic acids is 1. The first-order valence-corrected chi connectivity index (χ1v) is 11.5. The van der Waals surface area contributed by atoms with Crippen molar-refractivity contribution in [2.75, 3.05) is 31.1 Å². The molecule has 0 radical (unpaired) electrons. The molecule has 6 nitrogen and oxygen atoms in total. The Morgan fingerprint density at radius 3 is 2.69 bits per heavy atom. The highest BCUT2D eigenvalue weighted by Gasteiger charge is 2.32. The van der Waals surface area contributed by atoms with Crippen molar-refractivity contribution in [1.82, 2.24) is 4.31 Å². The number of nitrogens with zero attached hydrogens (tertiary/aromatic N) is 2. The molecular weight excluding hydrogens is 388 g/mol. The van der Waals surface area contributed by atoms with Gasteiger partial charge in [0, 0.05) is 38.2 Å². The van der Waals surface area contributed by atoms with Crippen molar-refractivity contribution >= 4 is 21.6 Å². The van der Waals surface area contributed by atoms with Crippen LogP contribution < -0.4 is 9.64 Å². The van der Waals surface area contributed by atoms with Gasteiger partial charge in [0.05, 0.1) is 11.5 Å². The van der Waals surface area contributed by atoms with Gasteiger partial charge in [-0.2, -0.15) is 4.31 Å². The van der Waals surface area contributed by atoms with Crippen LogP contribution in [0.4, 0.5) is 5.69 Å². The number of hydrogen-bond acceptors (Lipinski definition) is 4. The van der Waals surface area contributed by atoms with Crippen LogP contribution in [0.5, 0.6) is 5.75 Å². The highest BCUT2D eigenvalue weighted by Crippen LogP contribution is 2.32. The van der Waals surface area contributed by atoms with Crippen molar-refractivity contribution in [2.45, 2.75) is 31.1 Å². The Morgan fingerprint density at radius 1 is 1.14 bits per heavy atom. The maximum atomic E-state index is 13.3. The lowest BCUT2D eigenvalue weighted by Crippen LogP contribution is -2.41. The number of benzene rings is 2. The van der Waals surface area contributed by atoms with Gasteiger partial charge in [0.15, 0.2) is 0 Å². The van der Waals surface area contributed by atoms with Crippen molar-refractivity contribution in [3.63, 3.8) is 0 Å². The molecule has 1 fully saturated rings. The van der Waals surface area contributed by atoms with E-state index in [2.05, 4.69) is 0 Å². The molecule has 4 rings (SSSR count). The molecule has 0 aromatic heterocycles. The van der Waals surface area contributed by atoms with Crippen LogP contribution in [0.15, 0.2) is 53.4 Å². The lowest BCUT2D eigenvalue weighted by Gasteiger charge is -2.32. The maximum Gasteiger partial charge on any atom is 0.243 e. The monoisotopic (exact) mass is 414 g/mol. The molecule has 0 spiro atoms. The molecule has 1 atom stereocenters. The number of amides is 1. The second-order valence-electron chi connectivity index (χ2n) is 7.71. The molecule has 1 unspecified atom stereocenters. The summed E-state index contributed by atoms with van der Waals surface area (Å²) < 4.78 is 33.9. The zero-order valence-corrected chi connectivity index (χ0v) is 17.4. The topological polar surface area (TPSA) is 66.9 Å². The van der Waals surface area contributed by atoms with E-state index in [0.717, 1.165) is 36.3 Å². The summed E-state index contributed by atoms with van der Waals surface area (Å²) in [6, 6.07) is 14.8. The van der Waals surface area contributed by atoms with Crippen LogP contribution in [0.3, 0.4) is 0 Å². The molecule has 2 heterocycles. The molecule has 2 aliphatic heterocycles. The molecule has 2 aromatic carbocycles. The summed E-state index contributed by atoms with van der Waals surface area (Å²) in [5, 5.41) is 0. The van der Waals surface area contributed by atoms with Gasteiger partial charge in [0.25, 0.3) is 0 Å². The van der Waals surface area contributed by atoms with Crippen LogP contribution in [0, 0.1) is 5.92 Å². The average Bonchev–Trinajstić information content (AvgIpc) is 3.17. The van der Waals surface area contributed by atoms with Gasteiger partial charge in [-0.15, -0.1) is 0 Å². The number of para-hydroxylation sites is 1. The normalized spacial score (nSPS) is 19.8. The SMILES string of the molecule is CC(=O)N1CCc2ccc(S(=O)(=O)N3CCCC(COc4ccccc4)C3)cc21. The van der Waals surface area contributed by atoms with Crippen LogP contribution in [-0.4, -0.2) is 44.9 Å². The molecule has 29 heavy (non-hydrogen) atoms. The minimum atomic E-state index is -3.61. The maximum absolute atomic E-state index is 13.3. The summed E-state index contributed by atoms with van der Waals surface area (Å²) in [5.74, 6) is 0.895. The van der Waals surface area contributed by atoms with Crippen LogP contribution in [0.2, 0.25) is 0 Å². The van der Waals surface area contributed by atoms with Gasteiger partial charge in [-0.3, -0.25) is 4.79 Å². The van der Waals surface area contributed by atoms with Crippen molar-refractivity contribution in [3.8, 4) is 5.75 Å². The molecule has 0 aliphatic carbocycles. The van der Waals surface area contributed by atoms with E-state index < -0.39 is 10.0 Å². The van der Waals surface area contributed by atoms with Gasteiger partial charge in [-0.05, 0) is 49.1 Å². The first kappa shape index (κ1) is 19.9. The fourth-order valence-corrected chi connectivity index (χ4v) is 5.68. The zero-order valence-electron chi connectivity index (χ0n) is 16.6. The van der Waals surface area contributed by atoms with Gasteiger partial charge >= 0.3 is 0 Å². The molecule has 0 N–H and O–H groups in total. The first-order chi connectivity index (χ1) is 13.9. The third-order valence-electron chi connectivity index (χ3n) is 5.68. The Hall–Kier alpha value is -2.38. The molecule has 0 saturated carbocycles. The van der Waals surface area contributed by atoms with Gasteiger partial charge in [0.1, 0.15) is 5.75 Å². The lowest BCUT2D eigenvalue weighted by atomic mass is 10.0. The van der Waals surface area contributed by atoms with Gasteiger partial charge < -0.3 is 9.64 Å². The zero-order chi connectivity index (χ0) is 20.4. The molecule has 2 aromatic rings. The Kier molecular flexibility index (Phi) is 5.61. The number of piperidine rings is 1. The van der Waals surface area contributed by atoms with Crippen LogP contribution >= 0.6 is 0 Å². The average molecular weight is 415 g/mol. The third-order valence-corrected chi connectivity index (χ3v) is 7.54. The fourth-order valence-electron chi connectivity index (χ4n) is 4.11. The van der Waals surface area contributed by atoms with E-state index in [9.17, 15) is 13.2 Å². The fraction of sp³-hybridized carbons (Fsp3) is 0.409. The van der Waals surface area contributed by atoms with Gasteiger partial charge in [-0.25, -0.2) is 8.42 Å². The Labute approximate surface area is 172 Å². The summed E-state index contributed by atoms with van der Waals surface area (Å²) in [5.41, 5.74) is 1.74. The van der Waals surface area contributed by atoms with Crippen molar-refractivity contribution in [3.05, 3.63) is 54.1 Å². The minimum Gasteiger partial charge on any atom is -0.493 e. The number of sulfonamides is 1. The second-order valence-corrected chi connectivity index (χ2v) is 9.64. The van der Waals surface area contributed by atoms with Crippen molar-refractivity contribution in [1.29, 1.82) is 0 Å². The Morgan fingerprint density at radius 2 is 1.93 bits per heavy atom. The Bertz CT molecular complexity index is 991. The molecule has 0 bridgehead atoms. The first-order valence-electron chi connectivity index (χ1n) is 10.0. The molecule has 7 heteroatoms. The van der Waals surface area contributed by atoms with E-state index in [-0.39, 0.29) is 16.7 Å². The summed E-state index contributed by atoms with van der Waals surface area (Å²) in [7, 11) is -3.61. The van der Waals surface area contributed by atoms with E-state index in [4.69, 9.17) is 4.74 Å². The predicted octanol–water partition coefficient (Wildman–Crippen LogP) is 3.08. The predicted molar refractivity (Wildman–Crippen MR) is 112 cm³/mol.